The number of amides is 1. The number of benzene rings is 1. The van der Waals surface area contributed by atoms with Crippen LogP contribution in [0.3, 0.4) is 0 Å². The molecule has 1 aromatic rings. The number of hydrogen-bond acceptors (Lipinski definition) is 3. The lowest BCUT2D eigenvalue weighted by Gasteiger charge is -2.38. The van der Waals surface area contributed by atoms with E-state index in [4.69, 9.17) is 16.3 Å². The molecule has 1 saturated heterocycles. The fourth-order valence-electron chi connectivity index (χ4n) is 2.41. The highest BCUT2D eigenvalue weighted by molar-refractivity contribution is 6.30. The first-order valence-electron chi connectivity index (χ1n) is 6.91. The topological polar surface area (TPSA) is 41.6 Å². The van der Waals surface area contributed by atoms with Crippen LogP contribution in [0.15, 0.2) is 18.2 Å². The van der Waals surface area contributed by atoms with Gasteiger partial charge in [-0.3, -0.25) is 4.79 Å². The maximum absolute atomic E-state index is 12.3. The normalized spacial score (nSPS) is 22.7. The molecule has 1 N–H and O–H groups in total. The van der Waals surface area contributed by atoms with Gasteiger partial charge in [-0.15, -0.1) is 0 Å². The molecule has 0 aromatic heterocycles. The number of hydrogen-bond donors (Lipinski definition) is 1. The summed E-state index contributed by atoms with van der Waals surface area (Å²) in [6.45, 7) is 7.70. The van der Waals surface area contributed by atoms with Crippen LogP contribution in [0.1, 0.15) is 19.4 Å². The summed E-state index contributed by atoms with van der Waals surface area (Å²) >= 11 is 5.90. The number of carbonyl (C=O) groups is 1. The van der Waals surface area contributed by atoms with Gasteiger partial charge in [0.15, 0.2) is 6.61 Å². The molecule has 110 valence electrons. The predicted molar refractivity (Wildman–Crippen MR) is 80.3 cm³/mol. The Morgan fingerprint density at radius 2 is 2.25 bits per heavy atom. The van der Waals surface area contributed by atoms with Gasteiger partial charge in [-0.05, 0) is 44.5 Å². The van der Waals surface area contributed by atoms with Crippen molar-refractivity contribution in [2.45, 2.75) is 32.9 Å². The molecule has 0 aliphatic carbocycles. The van der Waals surface area contributed by atoms with E-state index in [0.29, 0.717) is 16.8 Å². The van der Waals surface area contributed by atoms with Crippen LogP contribution >= 0.6 is 11.6 Å². The fraction of sp³-hybridized carbons (Fsp3) is 0.533. The summed E-state index contributed by atoms with van der Waals surface area (Å²) in [6, 6.07) is 5.89. The molecule has 0 radical (unpaired) electrons. The fourth-order valence-corrected chi connectivity index (χ4v) is 2.63. The van der Waals surface area contributed by atoms with Crippen molar-refractivity contribution < 1.29 is 9.53 Å². The van der Waals surface area contributed by atoms with Crippen LogP contribution in [0, 0.1) is 6.92 Å². The van der Waals surface area contributed by atoms with Gasteiger partial charge >= 0.3 is 0 Å². The minimum atomic E-state index is 0.0280. The Bertz CT molecular complexity index is 493. The number of nitrogens with zero attached hydrogens (tertiary/aromatic N) is 1. The molecule has 2 unspecified atom stereocenters. The van der Waals surface area contributed by atoms with Crippen molar-refractivity contribution in [2.75, 3.05) is 19.7 Å². The summed E-state index contributed by atoms with van der Waals surface area (Å²) < 4.78 is 5.62. The van der Waals surface area contributed by atoms with Gasteiger partial charge in [0.1, 0.15) is 5.75 Å². The Morgan fingerprint density at radius 1 is 1.50 bits per heavy atom. The average Bonchev–Trinajstić information content (AvgIpc) is 2.40. The Kier molecular flexibility index (Phi) is 4.89. The molecule has 2 rings (SSSR count). The second kappa shape index (κ2) is 6.46. The number of carbonyl (C=O) groups excluding carboxylic acids is 1. The van der Waals surface area contributed by atoms with Crippen molar-refractivity contribution in [1.82, 2.24) is 10.2 Å². The largest absolute Gasteiger partial charge is 0.483 e. The zero-order valence-electron chi connectivity index (χ0n) is 12.1. The second-order valence-corrected chi connectivity index (χ2v) is 5.71. The minimum absolute atomic E-state index is 0.0280. The van der Waals surface area contributed by atoms with Crippen LogP contribution in [-0.2, 0) is 4.79 Å². The van der Waals surface area contributed by atoms with Crippen molar-refractivity contribution in [1.29, 1.82) is 0 Å². The molecule has 1 fully saturated rings. The lowest BCUT2D eigenvalue weighted by atomic mass is 10.1. The minimum Gasteiger partial charge on any atom is -0.483 e. The SMILES string of the molecule is Cc1cc(Cl)ccc1OCC(=O)N1CCNC(C)C1C. The van der Waals surface area contributed by atoms with E-state index in [-0.39, 0.29) is 18.6 Å². The first-order chi connectivity index (χ1) is 9.49. The molecular formula is C15H21ClN2O2. The highest BCUT2D eigenvalue weighted by Gasteiger charge is 2.28. The Hall–Kier alpha value is -1.26. The van der Waals surface area contributed by atoms with Gasteiger partial charge in [0, 0.05) is 30.2 Å². The lowest BCUT2D eigenvalue weighted by Crippen LogP contribution is -2.58. The average molecular weight is 297 g/mol. The van der Waals surface area contributed by atoms with Crippen molar-refractivity contribution in [3.05, 3.63) is 28.8 Å². The third-order valence-electron chi connectivity index (χ3n) is 3.84. The third kappa shape index (κ3) is 3.44. The summed E-state index contributed by atoms with van der Waals surface area (Å²) in [7, 11) is 0. The van der Waals surface area contributed by atoms with E-state index in [0.717, 1.165) is 18.7 Å². The highest BCUT2D eigenvalue weighted by atomic mass is 35.5. The van der Waals surface area contributed by atoms with Crippen LogP contribution in [-0.4, -0.2) is 42.6 Å². The van der Waals surface area contributed by atoms with Gasteiger partial charge < -0.3 is 15.0 Å². The van der Waals surface area contributed by atoms with Crippen LogP contribution < -0.4 is 10.1 Å². The number of halogens is 1. The van der Waals surface area contributed by atoms with Crippen molar-refractivity contribution >= 4 is 17.5 Å². The van der Waals surface area contributed by atoms with Gasteiger partial charge in [0.25, 0.3) is 5.91 Å². The molecule has 4 nitrogen and oxygen atoms in total. The zero-order chi connectivity index (χ0) is 14.7. The Balaban J connectivity index is 1.94. The molecule has 0 bridgehead atoms. The van der Waals surface area contributed by atoms with Gasteiger partial charge in [0.2, 0.25) is 0 Å². The second-order valence-electron chi connectivity index (χ2n) is 5.27. The van der Waals surface area contributed by atoms with E-state index in [9.17, 15) is 4.79 Å². The van der Waals surface area contributed by atoms with E-state index in [2.05, 4.69) is 19.2 Å². The molecule has 0 spiro atoms. The Morgan fingerprint density at radius 3 is 2.95 bits per heavy atom. The van der Waals surface area contributed by atoms with Crippen LogP contribution in [0.2, 0.25) is 5.02 Å². The standard InChI is InChI=1S/C15H21ClN2O2/c1-10-8-13(16)4-5-14(10)20-9-15(19)18-7-6-17-11(2)12(18)3/h4-5,8,11-12,17H,6-7,9H2,1-3H3. The molecular weight excluding hydrogens is 276 g/mol. The summed E-state index contributed by atoms with van der Waals surface area (Å²) in [5, 5.41) is 4.03. The first-order valence-corrected chi connectivity index (χ1v) is 7.28. The molecule has 1 aromatic carbocycles. The number of aryl methyl sites for hydroxylation is 1. The number of ether oxygens (including phenoxy) is 1. The highest BCUT2D eigenvalue weighted by Crippen LogP contribution is 2.22. The first kappa shape index (κ1) is 15.1. The molecule has 1 amide bonds. The monoisotopic (exact) mass is 296 g/mol. The molecule has 1 aliphatic rings. The van der Waals surface area contributed by atoms with Gasteiger partial charge in [-0.2, -0.15) is 0 Å². The van der Waals surface area contributed by atoms with E-state index in [1.54, 1.807) is 12.1 Å². The zero-order valence-corrected chi connectivity index (χ0v) is 12.9. The molecule has 1 aliphatic heterocycles. The van der Waals surface area contributed by atoms with Crippen LogP contribution in [0.5, 0.6) is 5.75 Å². The smallest absolute Gasteiger partial charge is 0.260 e. The maximum atomic E-state index is 12.3. The van der Waals surface area contributed by atoms with Gasteiger partial charge in [-0.1, -0.05) is 11.6 Å². The molecule has 2 atom stereocenters. The van der Waals surface area contributed by atoms with Crippen molar-refractivity contribution in [3.63, 3.8) is 0 Å². The van der Waals surface area contributed by atoms with Gasteiger partial charge in [0.05, 0.1) is 0 Å². The van der Waals surface area contributed by atoms with Crippen molar-refractivity contribution in [3.8, 4) is 5.75 Å². The van der Waals surface area contributed by atoms with E-state index in [1.807, 2.05) is 17.9 Å². The van der Waals surface area contributed by atoms with Crippen LogP contribution in [0.4, 0.5) is 0 Å². The molecule has 0 saturated carbocycles. The summed E-state index contributed by atoms with van der Waals surface area (Å²) in [4.78, 5) is 14.1. The van der Waals surface area contributed by atoms with Crippen LogP contribution in [0.25, 0.3) is 0 Å². The predicted octanol–water partition coefficient (Wildman–Crippen LogP) is 2.24. The van der Waals surface area contributed by atoms with E-state index >= 15 is 0 Å². The summed E-state index contributed by atoms with van der Waals surface area (Å²) in [5.74, 6) is 0.735. The Labute approximate surface area is 125 Å². The lowest BCUT2D eigenvalue weighted by molar-refractivity contribution is -0.137. The number of nitrogens with one attached hydrogen (secondary N) is 1. The molecule has 5 heteroatoms. The third-order valence-corrected chi connectivity index (χ3v) is 4.08. The summed E-state index contributed by atoms with van der Waals surface area (Å²) in [5.41, 5.74) is 0.937. The number of piperazine rings is 1. The van der Waals surface area contributed by atoms with E-state index < -0.39 is 0 Å². The van der Waals surface area contributed by atoms with Crippen molar-refractivity contribution in [2.24, 2.45) is 0 Å². The number of rotatable bonds is 3. The quantitative estimate of drug-likeness (QED) is 0.930. The summed E-state index contributed by atoms with van der Waals surface area (Å²) in [6.07, 6.45) is 0. The maximum Gasteiger partial charge on any atom is 0.260 e. The molecule has 20 heavy (non-hydrogen) atoms. The molecule has 1 heterocycles. The van der Waals surface area contributed by atoms with E-state index in [1.165, 1.54) is 0 Å². The van der Waals surface area contributed by atoms with Gasteiger partial charge in [-0.25, -0.2) is 0 Å².